The number of rotatable bonds is 3. The van der Waals surface area contributed by atoms with Gasteiger partial charge in [-0.1, -0.05) is 48.5 Å². The molecule has 0 aliphatic rings. The van der Waals surface area contributed by atoms with E-state index >= 15 is 0 Å². The molecule has 2 aromatic carbocycles. The molecule has 110 valence electrons. The van der Waals surface area contributed by atoms with Crippen molar-refractivity contribution in [2.75, 3.05) is 0 Å². The molecule has 6 heteroatoms. The van der Waals surface area contributed by atoms with Gasteiger partial charge < -0.3 is 0 Å². The third-order valence-corrected chi connectivity index (χ3v) is 3.41. The maximum atomic E-state index is 4.42. The number of hydrogen-bond acceptors (Lipinski definition) is 5. The Morgan fingerprint density at radius 2 is 1.35 bits per heavy atom. The minimum absolute atomic E-state index is 0.607. The summed E-state index contributed by atoms with van der Waals surface area (Å²) >= 11 is 0. The zero-order valence-electron chi connectivity index (χ0n) is 12.1. The van der Waals surface area contributed by atoms with Crippen molar-refractivity contribution in [2.45, 2.75) is 0 Å². The number of nitrogens with zero attached hydrogens (tertiary/aromatic N) is 6. The van der Waals surface area contributed by atoms with Crippen molar-refractivity contribution in [1.29, 1.82) is 0 Å². The van der Waals surface area contributed by atoms with Crippen molar-refractivity contribution < 1.29 is 0 Å². The molecule has 0 saturated carbocycles. The van der Waals surface area contributed by atoms with E-state index in [4.69, 9.17) is 0 Å². The number of hydrogen-bond donors (Lipinski definition) is 0. The predicted molar refractivity (Wildman–Crippen MR) is 85.6 cm³/mol. The van der Waals surface area contributed by atoms with Gasteiger partial charge in [0.15, 0.2) is 11.6 Å². The van der Waals surface area contributed by atoms with Gasteiger partial charge >= 0.3 is 0 Å². The van der Waals surface area contributed by atoms with Gasteiger partial charge in [-0.2, -0.15) is 4.68 Å². The fraction of sp³-hybridized carbons (Fsp3) is 0. The Morgan fingerprint density at radius 1 is 0.696 bits per heavy atom. The average Bonchev–Trinajstić information content (AvgIpc) is 3.13. The summed E-state index contributed by atoms with van der Waals surface area (Å²) in [6.07, 6.45) is 3.47. The van der Waals surface area contributed by atoms with E-state index in [9.17, 15) is 0 Å². The highest BCUT2D eigenvalue weighted by Crippen LogP contribution is 2.20. The molecule has 0 unspecified atom stereocenters. The molecule has 23 heavy (non-hydrogen) atoms. The van der Waals surface area contributed by atoms with Crippen LogP contribution in [0.3, 0.4) is 0 Å². The fourth-order valence-corrected chi connectivity index (χ4v) is 2.29. The van der Waals surface area contributed by atoms with Crippen LogP contribution in [0.15, 0.2) is 73.1 Å². The van der Waals surface area contributed by atoms with Crippen LogP contribution in [-0.4, -0.2) is 30.2 Å². The molecule has 6 nitrogen and oxygen atoms in total. The summed E-state index contributed by atoms with van der Waals surface area (Å²) in [4.78, 5) is 8.84. The van der Waals surface area contributed by atoms with Crippen LogP contribution in [0.5, 0.6) is 0 Å². The minimum Gasteiger partial charge on any atom is -0.236 e. The number of para-hydroxylation sites is 1. The Morgan fingerprint density at radius 3 is 2.04 bits per heavy atom. The lowest BCUT2D eigenvalue weighted by Gasteiger charge is -2.04. The molecular formula is C17H12N6. The second kappa shape index (κ2) is 5.76. The molecule has 0 aliphatic heterocycles. The minimum atomic E-state index is 0.607. The number of tetrazole rings is 1. The molecule has 2 heterocycles. The average molecular weight is 300 g/mol. The van der Waals surface area contributed by atoms with E-state index in [2.05, 4.69) is 25.5 Å². The summed E-state index contributed by atoms with van der Waals surface area (Å²) in [5.41, 5.74) is 2.62. The summed E-state index contributed by atoms with van der Waals surface area (Å²) < 4.78 is 1.67. The molecule has 0 aliphatic carbocycles. The lowest BCUT2D eigenvalue weighted by atomic mass is 10.2. The second-order valence-corrected chi connectivity index (χ2v) is 4.91. The van der Waals surface area contributed by atoms with Gasteiger partial charge in [-0.3, -0.25) is 0 Å². The molecule has 2 aromatic heterocycles. The Hall–Kier alpha value is -3.41. The van der Waals surface area contributed by atoms with E-state index < -0.39 is 0 Å². The van der Waals surface area contributed by atoms with Crippen LogP contribution < -0.4 is 0 Å². The van der Waals surface area contributed by atoms with Gasteiger partial charge in [-0.25, -0.2) is 9.97 Å². The zero-order valence-corrected chi connectivity index (χ0v) is 12.1. The number of aromatic nitrogens is 6. The van der Waals surface area contributed by atoms with E-state index in [0.717, 1.165) is 16.8 Å². The molecular weight excluding hydrogens is 288 g/mol. The summed E-state index contributed by atoms with van der Waals surface area (Å²) in [5, 5.41) is 11.9. The normalized spacial score (nSPS) is 10.6. The largest absolute Gasteiger partial charge is 0.236 e. The molecule has 0 bridgehead atoms. The van der Waals surface area contributed by atoms with Crippen molar-refractivity contribution in [3.05, 3.63) is 73.1 Å². The van der Waals surface area contributed by atoms with Crippen molar-refractivity contribution in [3.63, 3.8) is 0 Å². The van der Waals surface area contributed by atoms with Crippen LogP contribution in [0.4, 0.5) is 0 Å². The summed E-state index contributed by atoms with van der Waals surface area (Å²) in [5.74, 6) is 1.28. The van der Waals surface area contributed by atoms with Crippen LogP contribution in [0.25, 0.3) is 28.5 Å². The van der Waals surface area contributed by atoms with Crippen LogP contribution in [0, 0.1) is 0 Å². The van der Waals surface area contributed by atoms with E-state index in [1.165, 1.54) is 0 Å². The molecule has 0 spiro atoms. The SMILES string of the molecule is c1ccc(-c2ncc(-c3nnnn3-c3ccccc3)cn2)cc1. The van der Waals surface area contributed by atoms with Crippen LogP contribution in [0.2, 0.25) is 0 Å². The lowest BCUT2D eigenvalue weighted by molar-refractivity contribution is 0.791. The Kier molecular flexibility index (Phi) is 3.32. The molecule has 0 amide bonds. The predicted octanol–water partition coefficient (Wildman–Crippen LogP) is 2.79. The van der Waals surface area contributed by atoms with E-state index in [1.54, 1.807) is 17.1 Å². The van der Waals surface area contributed by atoms with Crippen LogP contribution in [0.1, 0.15) is 0 Å². The maximum absolute atomic E-state index is 4.42. The van der Waals surface area contributed by atoms with Gasteiger partial charge in [0.05, 0.1) is 11.3 Å². The molecule has 0 atom stereocenters. The highest BCUT2D eigenvalue weighted by molar-refractivity contribution is 5.59. The van der Waals surface area contributed by atoms with Crippen LogP contribution >= 0.6 is 0 Å². The third-order valence-electron chi connectivity index (χ3n) is 3.41. The van der Waals surface area contributed by atoms with Crippen LogP contribution in [-0.2, 0) is 0 Å². The standard InChI is InChI=1S/C17H12N6/c1-3-7-13(8-4-1)16-18-11-14(12-19-16)17-20-21-22-23(17)15-9-5-2-6-10-15/h1-12H. The fourth-order valence-electron chi connectivity index (χ4n) is 2.29. The van der Waals surface area contributed by atoms with E-state index in [0.29, 0.717) is 11.6 Å². The van der Waals surface area contributed by atoms with Gasteiger partial charge in [-0.05, 0) is 22.6 Å². The quantitative estimate of drug-likeness (QED) is 0.582. The lowest BCUT2D eigenvalue weighted by Crippen LogP contribution is -2.00. The van der Waals surface area contributed by atoms with Gasteiger partial charge in [0, 0.05) is 18.0 Å². The highest BCUT2D eigenvalue weighted by Gasteiger charge is 2.11. The first-order valence-corrected chi connectivity index (χ1v) is 7.13. The molecule has 4 rings (SSSR count). The van der Waals surface area contributed by atoms with E-state index in [1.807, 2.05) is 60.7 Å². The van der Waals surface area contributed by atoms with Gasteiger partial charge in [0.2, 0.25) is 0 Å². The summed E-state index contributed by atoms with van der Waals surface area (Å²) in [6, 6.07) is 19.6. The highest BCUT2D eigenvalue weighted by atomic mass is 15.5. The molecule has 0 fully saturated rings. The molecule has 0 saturated heterocycles. The van der Waals surface area contributed by atoms with Crippen molar-refractivity contribution in [2.24, 2.45) is 0 Å². The van der Waals surface area contributed by atoms with Gasteiger partial charge in [0.1, 0.15) is 0 Å². The Balaban J connectivity index is 1.72. The van der Waals surface area contributed by atoms with Gasteiger partial charge in [0.25, 0.3) is 0 Å². The monoisotopic (exact) mass is 300 g/mol. The molecule has 4 aromatic rings. The first kappa shape index (κ1) is 13.3. The molecule has 0 radical (unpaired) electrons. The summed E-state index contributed by atoms with van der Waals surface area (Å²) in [7, 11) is 0. The first-order chi connectivity index (χ1) is 11.4. The first-order valence-electron chi connectivity index (χ1n) is 7.13. The van der Waals surface area contributed by atoms with E-state index in [-0.39, 0.29) is 0 Å². The van der Waals surface area contributed by atoms with Crippen molar-refractivity contribution in [1.82, 2.24) is 30.2 Å². The van der Waals surface area contributed by atoms with Crippen molar-refractivity contribution >= 4 is 0 Å². The Bertz CT molecular complexity index is 901. The zero-order chi connectivity index (χ0) is 15.5. The maximum Gasteiger partial charge on any atom is 0.190 e. The van der Waals surface area contributed by atoms with Gasteiger partial charge in [-0.15, -0.1) is 5.10 Å². The molecule has 0 N–H and O–H groups in total. The number of benzene rings is 2. The second-order valence-electron chi connectivity index (χ2n) is 4.91. The smallest absolute Gasteiger partial charge is 0.190 e. The topological polar surface area (TPSA) is 69.4 Å². The van der Waals surface area contributed by atoms with Crippen molar-refractivity contribution in [3.8, 4) is 28.5 Å². The third kappa shape index (κ3) is 2.57. The summed E-state index contributed by atoms with van der Waals surface area (Å²) in [6.45, 7) is 0. The Labute approximate surface area is 132 Å².